The van der Waals surface area contributed by atoms with Gasteiger partial charge in [-0.25, -0.2) is 0 Å². The number of hydrogen-bond acceptors (Lipinski definition) is 2. The number of benzene rings is 1. The predicted molar refractivity (Wildman–Crippen MR) is 72.8 cm³/mol. The number of hydrogen-bond donors (Lipinski definition) is 0. The van der Waals surface area contributed by atoms with Crippen LogP contribution in [0.15, 0.2) is 42.6 Å². The minimum absolute atomic E-state index is 0.156. The van der Waals surface area contributed by atoms with E-state index in [0.717, 1.165) is 12.1 Å². The van der Waals surface area contributed by atoms with E-state index in [-0.39, 0.29) is 5.78 Å². The SMILES string of the molecule is Cc1cccc(CCC(=O)c2ccc(C)nc2)c1. The zero-order chi connectivity index (χ0) is 13.0. The first-order chi connectivity index (χ1) is 8.65. The van der Waals surface area contributed by atoms with Gasteiger partial charge >= 0.3 is 0 Å². The molecule has 0 unspecified atom stereocenters. The quantitative estimate of drug-likeness (QED) is 0.764. The van der Waals surface area contributed by atoms with Crippen LogP contribution in [0.1, 0.15) is 33.6 Å². The normalized spacial score (nSPS) is 10.3. The smallest absolute Gasteiger partial charge is 0.164 e. The molecule has 2 heteroatoms. The fourth-order valence-corrected chi connectivity index (χ4v) is 1.90. The lowest BCUT2D eigenvalue weighted by atomic mass is 10.0. The Bertz CT molecular complexity index is 543. The number of pyridine rings is 1. The van der Waals surface area contributed by atoms with E-state index in [9.17, 15) is 4.79 Å². The summed E-state index contributed by atoms with van der Waals surface area (Å²) in [5.74, 6) is 0.156. The molecule has 0 amide bonds. The molecule has 0 radical (unpaired) electrons. The van der Waals surface area contributed by atoms with Gasteiger partial charge in [0.1, 0.15) is 0 Å². The molecule has 1 aromatic carbocycles. The highest BCUT2D eigenvalue weighted by molar-refractivity contribution is 5.95. The predicted octanol–water partition coefficient (Wildman–Crippen LogP) is 3.51. The zero-order valence-electron chi connectivity index (χ0n) is 10.8. The van der Waals surface area contributed by atoms with Crippen LogP contribution in [0.4, 0.5) is 0 Å². The van der Waals surface area contributed by atoms with Crippen LogP contribution >= 0.6 is 0 Å². The van der Waals surface area contributed by atoms with Gasteiger partial charge in [-0.1, -0.05) is 29.8 Å². The first-order valence-corrected chi connectivity index (χ1v) is 6.16. The summed E-state index contributed by atoms with van der Waals surface area (Å²) < 4.78 is 0. The van der Waals surface area contributed by atoms with Crippen molar-refractivity contribution in [3.8, 4) is 0 Å². The van der Waals surface area contributed by atoms with E-state index in [1.165, 1.54) is 11.1 Å². The third-order valence-electron chi connectivity index (χ3n) is 2.96. The van der Waals surface area contributed by atoms with E-state index in [0.29, 0.717) is 12.0 Å². The average molecular weight is 239 g/mol. The molecule has 2 nitrogen and oxygen atoms in total. The molecule has 0 saturated carbocycles. The largest absolute Gasteiger partial charge is 0.294 e. The Hall–Kier alpha value is -1.96. The standard InChI is InChI=1S/C16H17NO/c1-12-4-3-5-14(10-12)7-9-16(18)15-8-6-13(2)17-11-15/h3-6,8,10-11H,7,9H2,1-2H3. The van der Waals surface area contributed by atoms with Crippen molar-refractivity contribution < 1.29 is 4.79 Å². The molecule has 0 bridgehead atoms. The maximum Gasteiger partial charge on any atom is 0.164 e. The fourth-order valence-electron chi connectivity index (χ4n) is 1.90. The minimum atomic E-state index is 0.156. The first kappa shape index (κ1) is 12.5. The van der Waals surface area contributed by atoms with Crippen molar-refractivity contribution in [1.29, 1.82) is 0 Å². The van der Waals surface area contributed by atoms with Crippen LogP contribution in [0.2, 0.25) is 0 Å². The van der Waals surface area contributed by atoms with Crippen molar-refractivity contribution in [3.63, 3.8) is 0 Å². The Labute approximate surface area is 108 Å². The van der Waals surface area contributed by atoms with E-state index in [4.69, 9.17) is 0 Å². The molecule has 1 heterocycles. The van der Waals surface area contributed by atoms with E-state index in [2.05, 4.69) is 30.1 Å². The number of carbonyl (C=O) groups is 1. The van der Waals surface area contributed by atoms with Gasteiger partial charge in [-0.05, 0) is 38.0 Å². The molecule has 0 atom stereocenters. The molecule has 0 N–H and O–H groups in total. The van der Waals surface area contributed by atoms with Gasteiger partial charge in [0.05, 0.1) is 0 Å². The second-order valence-corrected chi connectivity index (χ2v) is 4.60. The lowest BCUT2D eigenvalue weighted by Gasteiger charge is -2.03. The molecule has 2 aromatic rings. The summed E-state index contributed by atoms with van der Waals surface area (Å²) >= 11 is 0. The summed E-state index contributed by atoms with van der Waals surface area (Å²) in [7, 11) is 0. The van der Waals surface area contributed by atoms with Gasteiger partial charge in [-0.3, -0.25) is 9.78 Å². The van der Waals surface area contributed by atoms with E-state index in [1.54, 1.807) is 6.20 Å². The second-order valence-electron chi connectivity index (χ2n) is 4.60. The molecule has 0 aliphatic carbocycles. The highest BCUT2D eigenvalue weighted by atomic mass is 16.1. The maximum atomic E-state index is 12.0. The summed E-state index contributed by atoms with van der Waals surface area (Å²) in [5, 5.41) is 0. The third-order valence-corrected chi connectivity index (χ3v) is 2.96. The number of Topliss-reactive ketones (excluding diaryl/α,β-unsaturated/α-hetero) is 1. The number of ketones is 1. The van der Waals surface area contributed by atoms with Gasteiger partial charge in [0.15, 0.2) is 5.78 Å². The van der Waals surface area contributed by atoms with E-state index in [1.807, 2.05) is 25.1 Å². The molecule has 2 rings (SSSR count). The van der Waals surface area contributed by atoms with Crippen LogP contribution in [0.3, 0.4) is 0 Å². The zero-order valence-corrected chi connectivity index (χ0v) is 10.8. The summed E-state index contributed by atoms with van der Waals surface area (Å²) in [5.41, 5.74) is 4.08. The first-order valence-electron chi connectivity index (χ1n) is 6.16. The Morgan fingerprint density at radius 2 is 2.00 bits per heavy atom. The minimum Gasteiger partial charge on any atom is -0.294 e. The molecule has 92 valence electrons. The number of nitrogens with zero attached hydrogens (tertiary/aromatic N) is 1. The summed E-state index contributed by atoms with van der Waals surface area (Å²) in [6, 6.07) is 12.0. The molecule has 0 saturated heterocycles. The number of carbonyl (C=O) groups excluding carboxylic acids is 1. The number of rotatable bonds is 4. The van der Waals surface area contributed by atoms with Gasteiger partial charge in [0.2, 0.25) is 0 Å². The van der Waals surface area contributed by atoms with Crippen molar-refractivity contribution in [2.45, 2.75) is 26.7 Å². The van der Waals surface area contributed by atoms with Gasteiger partial charge < -0.3 is 0 Å². The van der Waals surface area contributed by atoms with Gasteiger partial charge in [0.25, 0.3) is 0 Å². The molecule has 18 heavy (non-hydrogen) atoms. The van der Waals surface area contributed by atoms with E-state index < -0.39 is 0 Å². The van der Waals surface area contributed by atoms with Crippen LogP contribution in [-0.4, -0.2) is 10.8 Å². The van der Waals surface area contributed by atoms with Crippen molar-refractivity contribution in [3.05, 3.63) is 65.0 Å². The molecule has 1 aromatic heterocycles. The molecule has 0 spiro atoms. The van der Waals surface area contributed by atoms with E-state index >= 15 is 0 Å². The Morgan fingerprint density at radius 3 is 2.67 bits per heavy atom. The van der Waals surface area contributed by atoms with Crippen LogP contribution in [-0.2, 0) is 6.42 Å². The lowest BCUT2D eigenvalue weighted by Crippen LogP contribution is -2.02. The van der Waals surface area contributed by atoms with Crippen LogP contribution < -0.4 is 0 Å². The van der Waals surface area contributed by atoms with Gasteiger partial charge in [0, 0.05) is 23.9 Å². The molecule has 0 aliphatic heterocycles. The number of aromatic nitrogens is 1. The van der Waals surface area contributed by atoms with Crippen molar-refractivity contribution in [2.75, 3.05) is 0 Å². The fraction of sp³-hybridized carbons (Fsp3) is 0.250. The third kappa shape index (κ3) is 3.27. The topological polar surface area (TPSA) is 30.0 Å². The second kappa shape index (κ2) is 5.58. The highest BCUT2D eigenvalue weighted by Gasteiger charge is 2.06. The summed E-state index contributed by atoms with van der Waals surface area (Å²) in [6.07, 6.45) is 2.98. The summed E-state index contributed by atoms with van der Waals surface area (Å²) in [6.45, 7) is 3.98. The van der Waals surface area contributed by atoms with Gasteiger partial charge in [-0.2, -0.15) is 0 Å². The van der Waals surface area contributed by atoms with Crippen molar-refractivity contribution in [1.82, 2.24) is 4.98 Å². The molecule has 0 fully saturated rings. The Kier molecular flexibility index (Phi) is 3.88. The molecular weight excluding hydrogens is 222 g/mol. The van der Waals surface area contributed by atoms with Gasteiger partial charge in [-0.15, -0.1) is 0 Å². The van der Waals surface area contributed by atoms with Crippen LogP contribution in [0.25, 0.3) is 0 Å². The van der Waals surface area contributed by atoms with Crippen molar-refractivity contribution in [2.24, 2.45) is 0 Å². The Balaban J connectivity index is 1.98. The lowest BCUT2D eigenvalue weighted by molar-refractivity contribution is 0.0982. The van der Waals surface area contributed by atoms with Crippen LogP contribution in [0, 0.1) is 13.8 Å². The number of aryl methyl sites for hydroxylation is 3. The van der Waals surface area contributed by atoms with Crippen LogP contribution in [0.5, 0.6) is 0 Å². The average Bonchev–Trinajstić information content (AvgIpc) is 2.37. The van der Waals surface area contributed by atoms with Crippen molar-refractivity contribution >= 4 is 5.78 Å². The highest BCUT2D eigenvalue weighted by Crippen LogP contribution is 2.10. The Morgan fingerprint density at radius 1 is 1.17 bits per heavy atom. The summed E-state index contributed by atoms with van der Waals surface area (Å²) in [4.78, 5) is 16.1. The molecule has 0 aliphatic rings. The molecular formula is C16H17NO. The monoisotopic (exact) mass is 239 g/mol. The maximum absolute atomic E-state index is 12.0.